The van der Waals surface area contributed by atoms with Crippen LogP contribution >= 0.6 is 11.3 Å². The minimum Gasteiger partial charge on any atom is -0.463 e. The Morgan fingerprint density at radius 1 is 1.23 bits per heavy atom. The van der Waals surface area contributed by atoms with Crippen LogP contribution in [-0.2, 0) is 17.5 Å². The summed E-state index contributed by atoms with van der Waals surface area (Å²) >= 11 is 1.29. The SMILES string of the molecule is Cc1nc2c(=O)n(CC(=O)Nc3ccc(C(F)(F)F)cc3)nc(-c3ccco3)c2s1. The Morgan fingerprint density at radius 2 is 1.97 bits per heavy atom. The van der Waals surface area contributed by atoms with Gasteiger partial charge in [0, 0.05) is 5.69 Å². The molecule has 1 amide bonds. The van der Waals surface area contributed by atoms with Crippen LogP contribution in [0.1, 0.15) is 10.6 Å². The number of aromatic nitrogens is 3. The number of thiazole rings is 1. The molecule has 7 nitrogen and oxygen atoms in total. The Kier molecular flexibility index (Phi) is 4.90. The number of hydrogen-bond acceptors (Lipinski definition) is 6. The van der Waals surface area contributed by atoms with Gasteiger partial charge in [-0.05, 0) is 43.3 Å². The van der Waals surface area contributed by atoms with Gasteiger partial charge in [0.15, 0.2) is 11.3 Å². The van der Waals surface area contributed by atoms with Crippen molar-refractivity contribution in [3.63, 3.8) is 0 Å². The number of nitrogens with one attached hydrogen (secondary N) is 1. The van der Waals surface area contributed by atoms with E-state index in [0.29, 0.717) is 21.2 Å². The molecule has 3 aromatic heterocycles. The third-order valence-corrected chi connectivity index (χ3v) is 5.13. The lowest BCUT2D eigenvalue weighted by atomic mass is 10.2. The molecule has 1 N–H and O–H groups in total. The maximum absolute atomic E-state index is 12.7. The van der Waals surface area contributed by atoms with Crippen LogP contribution in [0.15, 0.2) is 51.9 Å². The lowest BCUT2D eigenvalue weighted by molar-refractivity contribution is -0.137. The first-order valence-corrected chi connectivity index (χ1v) is 9.43. The molecule has 0 aliphatic heterocycles. The van der Waals surface area contributed by atoms with E-state index in [-0.39, 0.29) is 11.2 Å². The normalized spacial score (nSPS) is 11.7. The van der Waals surface area contributed by atoms with Crippen molar-refractivity contribution >= 4 is 33.1 Å². The number of aryl methyl sites for hydroxylation is 1. The van der Waals surface area contributed by atoms with Crippen molar-refractivity contribution in [1.82, 2.24) is 14.8 Å². The van der Waals surface area contributed by atoms with E-state index in [2.05, 4.69) is 15.4 Å². The highest BCUT2D eigenvalue weighted by Gasteiger charge is 2.30. The molecule has 0 unspecified atom stereocenters. The second-order valence-corrected chi connectivity index (χ2v) is 7.53. The zero-order chi connectivity index (χ0) is 21.5. The predicted octanol–water partition coefficient (Wildman–Crippen LogP) is 4.08. The number of alkyl halides is 3. The topological polar surface area (TPSA) is 90.0 Å². The summed E-state index contributed by atoms with van der Waals surface area (Å²) in [5.74, 6) is -0.207. The van der Waals surface area contributed by atoms with Crippen LogP contribution in [-0.4, -0.2) is 20.7 Å². The van der Waals surface area contributed by atoms with Gasteiger partial charge in [-0.1, -0.05) is 0 Å². The van der Waals surface area contributed by atoms with Crippen molar-refractivity contribution in [1.29, 1.82) is 0 Å². The maximum Gasteiger partial charge on any atom is 0.416 e. The van der Waals surface area contributed by atoms with Crippen LogP contribution in [0.25, 0.3) is 21.7 Å². The first kappa shape index (κ1) is 19.8. The van der Waals surface area contributed by atoms with E-state index >= 15 is 0 Å². The smallest absolute Gasteiger partial charge is 0.416 e. The van der Waals surface area contributed by atoms with Crippen molar-refractivity contribution in [2.75, 3.05) is 5.32 Å². The minimum atomic E-state index is -4.47. The number of fused-ring (bicyclic) bond motifs is 1. The molecule has 0 bridgehead atoms. The van der Waals surface area contributed by atoms with Gasteiger partial charge in [0.25, 0.3) is 5.56 Å². The number of benzene rings is 1. The molecule has 0 radical (unpaired) electrons. The lowest BCUT2D eigenvalue weighted by Crippen LogP contribution is -2.30. The van der Waals surface area contributed by atoms with E-state index in [0.717, 1.165) is 28.9 Å². The summed E-state index contributed by atoms with van der Waals surface area (Å²) in [6.45, 7) is 1.30. The molecule has 0 saturated heterocycles. The van der Waals surface area contributed by atoms with Gasteiger partial charge in [-0.3, -0.25) is 9.59 Å². The summed E-state index contributed by atoms with van der Waals surface area (Å²) in [6, 6.07) is 7.34. The van der Waals surface area contributed by atoms with E-state index in [1.165, 1.54) is 17.6 Å². The Morgan fingerprint density at radius 3 is 2.60 bits per heavy atom. The number of amides is 1. The van der Waals surface area contributed by atoms with E-state index < -0.39 is 29.8 Å². The Labute approximate surface area is 170 Å². The van der Waals surface area contributed by atoms with Crippen molar-refractivity contribution in [2.45, 2.75) is 19.6 Å². The first-order chi connectivity index (χ1) is 14.2. The highest BCUT2D eigenvalue weighted by atomic mass is 32.1. The Bertz CT molecular complexity index is 1280. The maximum atomic E-state index is 12.7. The zero-order valence-electron chi connectivity index (χ0n) is 15.4. The van der Waals surface area contributed by atoms with Crippen LogP contribution in [0.4, 0.5) is 18.9 Å². The fourth-order valence-corrected chi connectivity index (χ4v) is 3.73. The highest BCUT2D eigenvalue weighted by molar-refractivity contribution is 7.19. The van der Waals surface area contributed by atoms with Crippen LogP contribution in [0.5, 0.6) is 0 Å². The van der Waals surface area contributed by atoms with Gasteiger partial charge in [0.05, 0.1) is 21.5 Å². The number of halogens is 3. The molecule has 154 valence electrons. The summed E-state index contributed by atoms with van der Waals surface area (Å²) in [6.07, 6.45) is -3.01. The van der Waals surface area contributed by atoms with E-state index in [1.807, 2.05) is 0 Å². The highest BCUT2D eigenvalue weighted by Crippen LogP contribution is 2.30. The number of nitrogens with zero attached hydrogens (tertiary/aromatic N) is 3. The van der Waals surface area contributed by atoms with Crippen molar-refractivity contribution in [2.24, 2.45) is 0 Å². The molecule has 0 atom stereocenters. The third-order valence-electron chi connectivity index (χ3n) is 4.15. The van der Waals surface area contributed by atoms with Crippen LogP contribution in [0.2, 0.25) is 0 Å². The molecule has 0 saturated carbocycles. The molecule has 4 rings (SSSR count). The standard InChI is InChI=1S/C19H13F3N4O3S/c1-10-23-16-17(30-10)15(13-3-2-8-29-13)25-26(18(16)28)9-14(27)24-12-6-4-11(5-7-12)19(20,21)22/h2-8H,9H2,1H3,(H,24,27). The average Bonchev–Trinajstić information content (AvgIpc) is 3.33. The number of rotatable bonds is 4. The molecule has 30 heavy (non-hydrogen) atoms. The van der Waals surface area contributed by atoms with Crippen LogP contribution < -0.4 is 10.9 Å². The van der Waals surface area contributed by atoms with Gasteiger partial charge in [-0.15, -0.1) is 11.3 Å². The third kappa shape index (κ3) is 3.83. The molecule has 0 aliphatic rings. The molecule has 11 heteroatoms. The van der Waals surface area contributed by atoms with Crippen molar-refractivity contribution in [3.8, 4) is 11.5 Å². The van der Waals surface area contributed by atoms with Gasteiger partial charge in [0.1, 0.15) is 12.2 Å². The molecular formula is C19H13F3N4O3S. The van der Waals surface area contributed by atoms with E-state index in [4.69, 9.17) is 4.42 Å². The fourth-order valence-electron chi connectivity index (χ4n) is 2.83. The number of furan rings is 1. The van der Waals surface area contributed by atoms with Gasteiger partial charge in [-0.2, -0.15) is 18.3 Å². The second-order valence-electron chi connectivity index (χ2n) is 6.32. The molecule has 3 heterocycles. The van der Waals surface area contributed by atoms with E-state index in [1.54, 1.807) is 19.1 Å². The molecule has 0 spiro atoms. The largest absolute Gasteiger partial charge is 0.463 e. The average molecular weight is 434 g/mol. The zero-order valence-corrected chi connectivity index (χ0v) is 16.2. The van der Waals surface area contributed by atoms with Crippen LogP contribution in [0, 0.1) is 6.92 Å². The molecule has 0 aliphatic carbocycles. The minimum absolute atomic E-state index is 0.165. The van der Waals surface area contributed by atoms with Crippen molar-refractivity contribution < 1.29 is 22.4 Å². The summed E-state index contributed by atoms with van der Waals surface area (Å²) in [5, 5.41) is 7.37. The molecule has 1 aromatic carbocycles. The molecule has 0 fully saturated rings. The molecule has 4 aromatic rings. The Balaban J connectivity index is 1.63. The molecular weight excluding hydrogens is 421 g/mol. The summed E-state index contributed by atoms with van der Waals surface area (Å²) in [7, 11) is 0. The second kappa shape index (κ2) is 7.41. The monoisotopic (exact) mass is 434 g/mol. The number of carbonyl (C=O) groups is 1. The van der Waals surface area contributed by atoms with E-state index in [9.17, 15) is 22.8 Å². The number of hydrogen-bond donors (Lipinski definition) is 1. The fraction of sp³-hybridized carbons (Fsp3) is 0.158. The summed E-state index contributed by atoms with van der Waals surface area (Å²) in [5.41, 5.74) is -0.667. The first-order valence-electron chi connectivity index (χ1n) is 8.61. The Hall–Kier alpha value is -3.47. The van der Waals surface area contributed by atoms with Gasteiger partial charge in [0.2, 0.25) is 5.91 Å². The summed E-state index contributed by atoms with van der Waals surface area (Å²) < 4.78 is 44.8. The number of carbonyl (C=O) groups excluding carboxylic acids is 1. The predicted molar refractivity (Wildman–Crippen MR) is 104 cm³/mol. The van der Waals surface area contributed by atoms with Crippen molar-refractivity contribution in [3.05, 3.63) is 63.6 Å². The lowest BCUT2D eigenvalue weighted by Gasteiger charge is -2.10. The van der Waals surface area contributed by atoms with Gasteiger partial charge in [-0.25, -0.2) is 9.67 Å². The van der Waals surface area contributed by atoms with Gasteiger partial charge >= 0.3 is 6.18 Å². The quantitative estimate of drug-likeness (QED) is 0.523. The summed E-state index contributed by atoms with van der Waals surface area (Å²) in [4.78, 5) is 29.3. The van der Waals surface area contributed by atoms with Crippen LogP contribution in [0.3, 0.4) is 0 Å². The number of anilines is 1. The van der Waals surface area contributed by atoms with Gasteiger partial charge < -0.3 is 9.73 Å².